The molecule has 1 aromatic carbocycles. The Labute approximate surface area is 92.8 Å². The Bertz CT molecular complexity index is 448. The van der Waals surface area contributed by atoms with E-state index in [-0.39, 0.29) is 6.04 Å². The van der Waals surface area contributed by atoms with Gasteiger partial charge in [0.15, 0.2) is 5.76 Å². The summed E-state index contributed by atoms with van der Waals surface area (Å²) in [5.41, 5.74) is 7.38. The third-order valence-electron chi connectivity index (χ3n) is 2.12. The number of benzene rings is 1. The van der Waals surface area contributed by atoms with E-state index in [1.165, 1.54) is 0 Å². The Balaban J connectivity index is 2.33. The zero-order valence-electron chi connectivity index (χ0n) is 8.27. The number of rotatable bonds is 2. The van der Waals surface area contributed by atoms with Crippen molar-refractivity contribution in [2.75, 3.05) is 0 Å². The molecule has 1 aromatic heterocycles. The van der Waals surface area contributed by atoms with Gasteiger partial charge in [0.05, 0.1) is 0 Å². The summed E-state index contributed by atoms with van der Waals surface area (Å²) in [7, 11) is 0. The van der Waals surface area contributed by atoms with Crippen LogP contribution in [0.15, 0.2) is 34.9 Å². The molecule has 1 atom stereocenters. The van der Waals surface area contributed by atoms with Gasteiger partial charge in [0.2, 0.25) is 0 Å². The van der Waals surface area contributed by atoms with Crippen LogP contribution in [0.5, 0.6) is 0 Å². The van der Waals surface area contributed by atoms with Crippen molar-refractivity contribution in [1.29, 1.82) is 0 Å². The Morgan fingerprint density at radius 2 is 2.00 bits per heavy atom. The molecule has 0 amide bonds. The Kier molecular flexibility index (Phi) is 2.75. The SMILES string of the molecule is CC(N)c1cc(-c2ccc(Cl)cc2)on1. The summed E-state index contributed by atoms with van der Waals surface area (Å²) in [6, 6.07) is 9.11. The van der Waals surface area contributed by atoms with Gasteiger partial charge in [-0.3, -0.25) is 0 Å². The summed E-state index contributed by atoms with van der Waals surface area (Å²) in [4.78, 5) is 0. The fourth-order valence-corrected chi connectivity index (χ4v) is 1.38. The van der Waals surface area contributed by atoms with Crippen molar-refractivity contribution in [2.45, 2.75) is 13.0 Å². The van der Waals surface area contributed by atoms with E-state index in [1.807, 2.05) is 37.3 Å². The lowest BCUT2D eigenvalue weighted by atomic mass is 10.1. The smallest absolute Gasteiger partial charge is 0.167 e. The molecule has 0 aliphatic rings. The molecule has 2 rings (SSSR count). The normalized spacial score (nSPS) is 12.7. The van der Waals surface area contributed by atoms with E-state index >= 15 is 0 Å². The first-order chi connectivity index (χ1) is 7.16. The third-order valence-corrected chi connectivity index (χ3v) is 2.38. The van der Waals surface area contributed by atoms with Crippen LogP contribution in [-0.4, -0.2) is 5.16 Å². The first-order valence-corrected chi connectivity index (χ1v) is 5.03. The minimum absolute atomic E-state index is 0.116. The van der Waals surface area contributed by atoms with Gasteiger partial charge in [-0.05, 0) is 31.2 Å². The summed E-state index contributed by atoms with van der Waals surface area (Å²) in [6.07, 6.45) is 0. The third kappa shape index (κ3) is 2.19. The largest absolute Gasteiger partial charge is 0.356 e. The standard InChI is InChI=1S/C11H11ClN2O/c1-7(13)10-6-11(15-14-10)8-2-4-9(12)5-3-8/h2-7H,13H2,1H3. The molecule has 3 nitrogen and oxygen atoms in total. The van der Waals surface area contributed by atoms with Gasteiger partial charge in [-0.15, -0.1) is 0 Å². The van der Waals surface area contributed by atoms with Gasteiger partial charge < -0.3 is 10.3 Å². The van der Waals surface area contributed by atoms with Crippen LogP contribution in [0.25, 0.3) is 11.3 Å². The minimum atomic E-state index is -0.116. The molecule has 0 fully saturated rings. The number of hydrogen-bond acceptors (Lipinski definition) is 3. The van der Waals surface area contributed by atoms with E-state index in [0.29, 0.717) is 10.8 Å². The summed E-state index contributed by atoms with van der Waals surface area (Å²) in [5.74, 6) is 0.707. The van der Waals surface area contributed by atoms with Crippen molar-refractivity contribution in [2.24, 2.45) is 5.73 Å². The molecule has 4 heteroatoms. The fourth-order valence-electron chi connectivity index (χ4n) is 1.25. The first kappa shape index (κ1) is 10.2. The van der Waals surface area contributed by atoms with E-state index < -0.39 is 0 Å². The highest BCUT2D eigenvalue weighted by Crippen LogP contribution is 2.23. The van der Waals surface area contributed by atoms with Crippen LogP contribution in [0.4, 0.5) is 0 Å². The van der Waals surface area contributed by atoms with Gasteiger partial charge in [0, 0.05) is 22.7 Å². The van der Waals surface area contributed by atoms with Crippen molar-refractivity contribution >= 4 is 11.6 Å². The summed E-state index contributed by atoms with van der Waals surface area (Å²) in [5, 5.41) is 4.58. The summed E-state index contributed by atoms with van der Waals surface area (Å²) >= 11 is 5.79. The molecule has 0 aliphatic heterocycles. The Morgan fingerprint density at radius 3 is 2.53 bits per heavy atom. The monoisotopic (exact) mass is 222 g/mol. The molecule has 1 unspecified atom stereocenters. The average molecular weight is 223 g/mol. The fraction of sp³-hybridized carbons (Fsp3) is 0.182. The molecule has 78 valence electrons. The molecule has 0 aliphatic carbocycles. The number of nitrogens with two attached hydrogens (primary N) is 1. The molecule has 15 heavy (non-hydrogen) atoms. The Hall–Kier alpha value is -1.32. The second-order valence-corrected chi connectivity index (χ2v) is 3.85. The number of halogens is 1. The van der Waals surface area contributed by atoms with Crippen LogP contribution in [0, 0.1) is 0 Å². The second kappa shape index (κ2) is 4.04. The lowest BCUT2D eigenvalue weighted by molar-refractivity contribution is 0.419. The molecular formula is C11H11ClN2O. The maximum atomic E-state index is 5.79. The maximum absolute atomic E-state index is 5.79. The predicted octanol–water partition coefficient (Wildman–Crippen LogP) is 3.01. The van der Waals surface area contributed by atoms with Crippen LogP contribution < -0.4 is 5.73 Å². The van der Waals surface area contributed by atoms with Crippen LogP contribution >= 0.6 is 11.6 Å². The Morgan fingerprint density at radius 1 is 1.33 bits per heavy atom. The van der Waals surface area contributed by atoms with E-state index in [0.717, 1.165) is 11.3 Å². The molecule has 0 radical (unpaired) electrons. The van der Waals surface area contributed by atoms with Crippen molar-refractivity contribution in [3.63, 3.8) is 0 Å². The molecule has 0 saturated carbocycles. The molecule has 2 aromatic rings. The highest BCUT2D eigenvalue weighted by atomic mass is 35.5. The highest BCUT2D eigenvalue weighted by molar-refractivity contribution is 6.30. The number of aromatic nitrogens is 1. The molecule has 0 bridgehead atoms. The number of nitrogens with zero attached hydrogens (tertiary/aromatic N) is 1. The first-order valence-electron chi connectivity index (χ1n) is 4.65. The van der Waals surface area contributed by atoms with E-state index in [9.17, 15) is 0 Å². The topological polar surface area (TPSA) is 52.0 Å². The lowest BCUT2D eigenvalue weighted by Crippen LogP contribution is -2.04. The van der Waals surface area contributed by atoms with Crippen molar-refractivity contribution in [3.8, 4) is 11.3 Å². The van der Waals surface area contributed by atoms with Gasteiger partial charge in [0.25, 0.3) is 0 Å². The molecule has 0 saturated heterocycles. The summed E-state index contributed by atoms with van der Waals surface area (Å²) in [6.45, 7) is 1.86. The van der Waals surface area contributed by atoms with Crippen LogP contribution in [0.1, 0.15) is 18.7 Å². The van der Waals surface area contributed by atoms with Gasteiger partial charge >= 0.3 is 0 Å². The molecular weight excluding hydrogens is 212 g/mol. The van der Waals surface area contributed by atoms with E-state index in [2.05, 4.69) is 5.16 Å². The zero-order chi connectivity index (χ0) is 10.8. The van der Waals surface area contributed by atoms with Gasteiger partial charge in [-0.1, -0.05) is 16.8 Å². The van der Waals surface area contributed by atoms with E-state index in [4.69, 9.17) is 21.9 Å². The average Bonchev–Trinajstić information content (AvgIpc) is 2.68. The second-order valence-electron chi connectivity index (χ2n) is 3.41. The zero-order valence-corrected chi connectivity index (χ0v) is 9.03. The quantitative estimate of drug-likeness (QED) is 0.850. The molecule has 0 spiro atoms. The van der Waals surface area contributed by atoms with Gasteiger partial charge in [-0.25, -0.2) is 0 Å². The number of hydrogen-bond donors (Lipinski definition) is 1. The van der Waals surface area contributed by atoms with Crippen molar-refractivity contribution < 1.29 is 4.52 Å². The van der Waals surface area contributed by atoms with E-state index in [1.54, 1.807) is 0 Å². The van der Waals surface area contributed by atoms with Crippen LogP contribution in [0.3, 0.4) is 0 Å². The molecule has 1 heterocycles. The van der Waals surface area contributed by atoms with Gasteiger partial charge in [0.1, 0.15) is 5.69 Å². The van der Waals surface area contributed by atoms with Crippen molar-refractivity contribution in [1.82, 2.24) is 5.16 Å². The predicted molar refractivity (Wildman–Crippen MR) is 59.6 cm³/mol. The van der Waals surface area contributed by atoms with Crippen molar-refractivity contribution in [3.05, 3.63) is 41.0 Å². The van der Waals surface area contributed by atoms with Crippen LogP contribution in [-0.2, 0) is 0 Å². The molecule has 2 N–H and O–H groups in total. The van der Waals surface area contributed by atoms with Crippen LogP contribution in [0.2, 0.25) is 5.02 Å². The van der Waals surface area contributed by atoms with Gasteiger partial charge in [-0.2, -0.15) is 0 Å². The minimum Gasteiger partial charge on any atom is -0.356 e. The highest BCUT2D eigenvalue weighted by Gasteiger charge is 2.09. The lowest BCUT2D eigenvalue weighted by Gasteiger charge is -1.95. The summed E-state index contributed by atoms with van der Waals surface area (Å²) < 4.78 is 5.18. The maximum Gasteiger partial charge on any atom is 0.167 e.